The lowest BCUT2D eigenvalue weighted by Crippen LogP contribution is -2.38. The number of fused-ring (bicyclic) bond motifs is 1. The number of aryl methyl sites for hydroxylation is 1. The minimum atomic E-state index is -4.32. The van der Waals surface area contributed by atoms with Crippen LogP contribution < -0.4 is 9.62 Å². The Hall–Kier alpha value is -2.48. The number of carbonyl (C=O) groups excluding carboxylic acids is 1. The molecule has 0 bridgehead atoms. The fourth-order valence-corrected chi connectivity index (χ4v) is 4.21. The Labute approximate surface area is 157 Å². The molecule has 0 saturated carbocycles. The molecule has 144 valence electrons. The lowest BCUT2D eigenvalue weighted by molar-refractivity contribution is -0.121. The second-order valence-corrected chi connectivity index (χ2v) is 8.42. The van der Waals surface area contributed by atoms with Crippen LogP contribution in [0.25, 0.3) is 0 Å². The van der Waals surface area contributed by atoms with Crippen molar-refractivity contribution in [3.05, 3.63) is 53.6 Å². The predicted octanol–water partition coefficient (Wildman–Crippen LogP) is 3.70. The summed E-state index contributed by atoms with van der Waals surface area (Å²) in [5.74, 6) is -2.14. The van der Waals surface area contributed by atoms with Crippen molar-refractivity contribution in [2.24, 2.45) is 5.92 Å². The molecule has 1 aliphatic rings. The van der Waals surface area contributed by atoms with Gasteiger partial charge in [0.25, 0.3) is 10.0 Å². The van der Waals surface area contributed by atoms with Crippen LogP contribution in [0.1, 0.15) is 25.8 Å². The summed E-state index contributed by atoms with van der Waals surface area (Å²) in [5, 5.41) is 0. The molecule has 0 aromatic heterocycles. The summed E-state index contributed by atoms with van der Waals surface area (Å²) in [4.78, 5) is 13.3. The average molecular weight is 394 g/mol. The summed E-state index contributed by atoms with van der Waals surface area (Å²) in [6.07, 6.45) is 1.60. The molecule has 2 aromatic carbocycles. The first-order valence-corrected chi connectivity index (χ1v) is 10.1. The van der Waals surface area contributed by atoms with Crippen molar-refractivity contribution in [2.45, 2.75) is 31.6 Å². The molecule has 0 radical (unpaired) electrons. The summed E-state index contributed by atoms with van der Waals surface area (Å²) in [6.45, 7) is 4.16. The van der Waals surface area contributed by atoms with Crippen LogP contribution in [0.5, 0.6) is 0 Å². The largest absolute Gasteiger partial charge is 0.312 e. The Bertz CT molecular complexity index is 990. The van der Waals surface area contributed by atoms with Crippen LogP contribution in [0.15, 0.2) is 41.3 Å². The Morgan fingerprint density at radius 3 is 2.59 bits per heavy atom. The summed E-state index contributed by atoms with van der Waals surface area (Å²) in [5.41, 5.74) is 1.76. The molecule has 27 heavy (non-hydrogen) atoms. The van der Waals surface area contributed by atoms with E-state index in [4.69, 9.17) is 0 Å². The molecule has 0 saturated heterocycles. The molecule has 8 heteroatoms. The number of rotatable bonds is 4. The normalized spacial score (nSPS) is 14.2. The van der Waals surface area contributed by atoms with Crippen molar-refractivity contribution in [2.75, 3.05) is 16.2 Å². The van der Waals surface area contributed by atoms with Crippen LogP contribution in [0, 0.1) is 17.6 Å². The highest BCUT2D eigenvalue weighted by Crippen LogP contribution is 2.32. The van der Waals surface area contributed by atoms with E-state index in [1.807, 2.05) is 0 Å². The molecular formula is C19H20F2N2O3S. The molecule has 1 N–H and O–H groups in total. The van der Waals surface area contributed by atoms with Gasteiger partial charge in [-0.3, -0.25) is 9.52 Å². The summed E-state index contributed by atoms with van der Waals surface area (Å²) < 4.78 is 54.4. The molecule has 3 rings (SSSR count). The minimum absolute atomic E-state index is 0.0490. The molecule has 2 aromatic rings. The molecule has 0 unspecified atom stereocenters. The molecule has 1 heterocycles. The highest BCUT2D eigenvalue weighted by atomic mass is 32.2. The number of sulfonamides is 1. The van der Waals surface area contributed by atoms with Crippen LogP contribution in [0.4, 0.5) is 20.2 Å². The van der Waals surface area contributed by atoms with E-state index < -0.39 is 26.6 Å². The van der Waals surface area contributed by atoms with Crippen molar-refractivity contribution in [1.29, 1.82) is 0 Å². The van der Waals surface area contributed by atoms with E-state index in [2.05, 4.69) is 4.72 Å². The lowest BCUT2D eigenvalue weighted by Gasteiger charge is -2.31. The van der Waals surface area contributed by atoms with Gasteiger partial charge in [0.2, 0.25) is 5.91 Å². The molecule has 1 amide bonds. The van der Waals surface area contributed by atoms with E-state index in [0.29, 0.717) is 18.3 Å². The van der Waals surface area contributed by atoms with Gasteiger partial charge in [0.05, 0.1) is 5.69 Å². The van der Waals surface area contributed by atoms with E-state index >= 15 is 0 Å². The van der Waals surface area contributed by atoms with Gasteiger partial charge in [0.15, 0.2) is 0 Å². The number of anilines is 2. The Morgan fingerprint density at radius 1 is 1.15 bits per heavy atom. The third-order valence-electron chi connectivity index (χ3n) is 4.40. The van der Waals surface area contributed by atoms with Gasteiger partial charge >= 0.3 is 0 Å². The number of nitrogens with zero attached hydrogens (tertiary/aromatic N) is 1. The Balaban J connectivity index is 1.96. The van der Waals surface area contributed by atoms with Gasteiger partial charge in [-0.2, -0.15) is 0 Å². The van der Waals surface area contributed by atoms with Gasteiger partial charge in [-0.25, -0.2) is 17.2 Å². The smallest absolute Gasteiger partial charge is 0.264 e. The maximum Gasteiger partial charge on any atom is 0.264 e. The van der Waals surface area contributed by atoms with E-state index in [1.165, 1.54) is 0 Å². The molecular weight excluding hydrogens is 374 g/mol. The summed E-state index contributed by atoms with van der Waals surface area (Å²) in [6, 6.07) is 7.10. The maximum absolute atomic E-state index is 13.9. The SMILES string of the molecule is CC(C)C(=O)N1CCCc2ccc(NS(=O)(=O)c3cc(F)ccc3F)cc21. The molecule has 0 aliphatic carbocycles. The highest BCUT2D eigenvalue weighted by molar-refractivity contribution is 7.92. The summed E-state index contributed by atoms with van der Waals surface area (Å²) in [7, 11) is -4.32. The molecule has 5 nitrogen and oxygen atoms in total. The number of nitrogens with one attached hydrogen (secondary N) is 1. The second-order valence-electron chi connectivity index (χ2n) is 6.77. The fraction of sp³-hybridized carbons (Fsp3) is 0.316. The van der Waals surface area contributed by atoms with E-state index in [1.54, 1.807) is 36.9 Å². The molecule has 0 fully saturated rings. The first-order chi connectivity index (χ1) is 12.7. The van der Waals surface area contributed by atoms with Crippen LogP contribution in [0.3, 0.4) is 0 Å². The van der Waals surface area contributed by atoms with Gasteiger partial charge in [-0.15, -0.1) is 0 Å². The first-order valence-electron chi connectivity index (χ1n) is 8.61. The number of benzene rings is 2. The van der Waals surface area contributed by atoms with Gasteiger partial charge < -0.3 is 4.90 Å². The zero-order valence-electron chi connectivity index (χ0n) is 15.0. The van der Waals surface area contributed by atoms with Crippen molar-refractivity contribution in [1.82, 2.24) is 0 Å². The van der Waals surface area contributed by atoms with Crippen LogP contribution in [-0.2, 0) is 21.2 Å². The van der Waals surface area contributed by atoms with Gasteiger partial charge in [0, 0.05) is 18.2 Å². The number of hydrogen-bond acceptors (Lipinski definition) is 3. The van der Waals surface area contributed by atoms with E-state index in [9.17, 15) is 22.0 Å². The van der Waals surface area contributed by atoms with Crippen LogP contribution in [0.2, 0.25) is 0 Å². The third kappa shape index (κ3) is 3.95. The van der Waals surface area contributed by atoms with Gasteiger partial charge in [-0.1, -0.05) is 19.9 Å². The molecule has 1 aliphatic heterocycles. The number of halogens is 2. The van der Waals surface area contributed by atoms with Crippen LogP contribution >= 0.6 is 0 Å². The first kappa shape index (κ1) is 19.3. The number of amides is 1. The van der Waals surface area contributed by atoms with Crippen molar-refractivity contribution in [3.8, 4) is 0 Å². The quantitative estimate of drug-likeness (QED) is 0.860. The zero-order chi connectivity index (χ0) is 19.8. The highest BCUT2D eigenvalue weighted by Gasteiger charge is 2.26. The van der Waals surface area contributed by atoms with E-state index in [-0.39, 0.29) is 17.5 Å². The number of hydrogen-bond donors (Lipinski definition) is 1. The number of carbonyl (C=O) groups is 1. The van der Waals surface area contributed by atoms with Gasteiger partial charge in [-0.05, 0) is 48.7 Å². The van der Waals surface area contributed by atoms with Crippen molar-refractivity contribution in [3.63, 3.8) is 0 Å². The topological polar surface area (TPSA) is 66.5 Å². The summed E-state index contributed by atoms with van der Waals surface area (Å²) >= 11 is 0. The maximum atomic E-state index is 13.9. The minimum Gasteiger partial charge on any atom is -0.312 e. The molecule has 0 spiro atoms. The van der Waals surface area contributed by atoms with E-state index in [0.717, 1.165) is 30.5 Å². The monoisotopic (exact) mass is 394 g/mol. The standard InChI is InChI=1S/C19H20F2N2O3S/c1-12(2)19(24)23-9-3-4-13-5-7-15(11-17(13)23)22-27(25,26)18-10-14(20)6-8-16(18)21/h5-8,10-12,22H,3-4,9H2,1-2H3. The second kappa shape index (κ2) is 7.26. The van der Waals surface area contributed by atoms with Gasteiger partial charge in [0.1, 0.15) is 16.5 Å². The average Bonchev–Trinajstić information content (AvgIpc) is 2.62. The predicted molar refractivity (Wildman–Crippen MR) is 99.1 cm³/mol. The Kier molecular flexibility index (Phi) is 5.19. The van der Waals surface area contributed by atoms with Crippen molar-refractivity contribution >= 4 is 27.3 Å². The lowest BCUT2D eigenvalue weighted by atomic mass is 9.99. The Morgan fingerprint density at radius 2 is 1.89 bits per heavy atom. The zero-order valence-corrected chi connectivity index (χ0v) is 15.8. The van der Waals surface area contributed by atoms with Crippen LogP contribution in [-0.4, -0.2) is 20.9 Å². The van der Waals surface area contributed by atoms with Crippen molar-refractivity contribution < 1.29 is 22.0 Å². The molecule has 0 atom stereocenters. The third-order valence-corrected chi connectivity index (χ3v) is 5.80. The fourth-order valence-electron chi connectivity index (χ4n) is 3.07.